The van der Waals surface area contributed by atoms with Crippen molar-refractivity contribution in [3.05, 3.63) is 28.2 Å². The molecule has 8 nitrogen and oxygen atoms in total. The van der Waals surface area contributed by atoms with Crippen LogP contribution in [0, 0.1) is 17.8 Å². The van der Waals surface area contributed by atoms with E-state index in [1.165, 1.54) is 64.2 Å². The Kier molecular flexibility index (Phi) is 18.8. The molecule has 0 spiro atoms. The molecule has 3 rings (SSSR count). The summed E-state index contributed by atoms with van der Waals surface area (Å²) in [5, 5.41) is 26.6. The number of nitrogens with one attached hydrogen (secondary N) is 2. The average molecular weight is 658 g/mol. The van der Waals surface area contributed by atoms with Gasteiger partial charge in [0.2, 0.25) is 5.91 Å². The quantitative estimate of drug-likeness (QED) is 0.126. The van der Waals surface area contributed by atoms with Crippen molar-refractivity contribution in [1.82, 2.24) is 5.32 Å². The minimum Gasteiger partial charge on any atom is -0.382 e. The normalized spacial score (nSPS) is 19.5. The fourth-order valence-electron chi connectivity index (χ4n) is 6.40. The topological polar surface area (TPSA) is 151 Å². The van der Waals surface area contributed by atoms with Crippen molar-refractivity contribution in [2.75, 3.05) is 11.9 Å². The van der Waals surface area contributed by atoms with E-state index in [0.29, 0.717) is 46.5 Å². The number of carbonyl (C=O) groups is 2. The van der Waals surface area contributed by atoms with Gasteiger partial charge in [0.15, 0.2) is 0 Å². The second kappa shape index (κ2) is 21.4. The first kappa shape index (κ1) is 38.8. The number of carbonyl (C=O) groups excluding carboxylic acids is 2. The van der Waals surface area contributed by atoms with E-state index in [1.807, 2.05) is 0 Å². The van der Waals surface area contributed by atoms with Crippen molar-refractivity contribution in [3.8, 4) is 0 Å². The Bertz CT molecular complexity index is 952. The molecule has 10 heteroatoms. The summed E-state index contributed by atoms with van der Waals surface area (Å²) < 4.78 is 0. The van der Waals surface area contributed by atoms with Gasteiger partial charge in [-0.25, -0.2) is 0 Å². The number of hydrogen-bond acceptors (Lipinski definition) is 6. The van der Waals surface area contributed by atoms with Gasteiger partial charge in [0, 0.05) is 34.4 Å². The van der Waals surface area contributed by atoms with E-state index in [2.05, 4.69) is 24.5 Å². The zero-order valence-electron chi connectivity index (χ0n) is 26.9. The third-order valence-electron chi connectivity index (χ3n) is 9.25. The van der Waals surface area contributed by atoms with E-state index in [0.717, 1.165) is 32.1 Å². The van der Waals surface area contributed by atoms with Gasteiger partial charge in [-0.3, -0.25) is 9.59 Å². The summed E-state index contributed by atoms with van der Waals surface area (Å²) in [7, 11) is 0. The lowest BCUT2D eigenvalue weighted by atomic mass is 9.84. The zero-order chi connectivity index (χ0) is 32.5. The highest BCUT2D eigenvalue weighted by atomic mass is 35.5. The highest BCUT2D eigenvalue weighted by Crippen LogP contribution is 2.29. The highest BCUT2D eigenvalue weighted by molar-refractivity contribution is 6.35. The van der Waals surface area contributed by atoms with Crippen LogP contribution in [-0.4, -0.2) is 52.9 Å². The van der Waals surface area contributed by atoms with Gasteiger partial charge in [0.05, 0.1) is 0 Å². The van der Waals surface area contributed by atoms with E-state index >= 15 is 0 Å². The number of benzene rings is 1. The monoisotopic (exact) mass is 656 g/mol. The molecular weight excluding hydrogens is 599 g/mol. The molecule has 0 aromatic heterocycles. The molecule has 2 fully saturated rings. The molecule has 8 N–H and O–H groups in total. The molecule has 252 valence electrons. The van der Waals surface area contributed by atoms with E-state index in [9.17, 15) is 19.8 Å². The van der Waals surface area contributed by atoms with Crippen molar-refractivity contribution in [3.63, 3.8) is 0 Å². The molecule has 2 aliphatic rings. The smallest absolute Gasteiger partial charge is 0.254 e. The number of amides is 2. The number of anilines is 1. The van der Waals surface area contributed by atoms with E-state index in [1.54, 1.807) is 18.2 Å². The van der Waals surface area contributed by atoms with Crippen molar-refractivity contribution < 1.29 is 19.8 Å². The molecule has 0 radical (unpaired) electrons. The Morgan fingerprint density at radius 1 is 0.818 bits per heavy atom. The largest absolute Gasteiger partial charge is 0.382 e. The van der Waals surface area contributed by atoms with Gasteiger partial charge in [-0.05, 0) is 55.2 Å². The summed E-state index contributed by atoms with van der Waals surface area (Å²) in [4.78, 5) is 24.2. The molecule has 0 heterocycles. The van der Waals surface area contributed by atoms with E-state index < -0.39 is 30.2 Å². The van der Waals surface area contributed by atoms with Gasteiger partial charge in [-0.15, -0.1) is 0 Å². The van der Waals surface area contributed by atoms with Gasteiger partial charge < -0.3 is 32.3 Å². The molecular formula is C34H58Cl2N4O4. The standard InChI is InChI=1S/C18H36N2O2.C16H22Cl2N2O2/c1-3-5-9-14(4-2)13-20-18(22)17(21)16(19)12-15-10-7-6-8-11-15;17-11-7-12(18)9-13(8-11)20-16(22)15(21)14(19)6-10-4-2-1-3-5-10/h14-17,21H,3-13,19H2,1-2H3,(H,20,22);7-10,14-15,21H,1-6,19H2,(H,20,22)/t14?,16-,17?;14-,15?/m11/s1. The molecule has 0 bridgehead atoms. The lowest BCUT2D eigenvalue weighted by molar-refractivity contribution is -0.130. The number of nitrogens with two attached hydrogens (primary N) is 2. The van der Waals surface area contributed by atoms with Crippen LogP contribution in [0.4, 0.5) is 5.69 Å². The number of halogens is 2. The first-order valence-electron chi connectivity index (χ1n) is 17.0. The maximum atomic E-state index is 12.1. The molecule has 1 aromatic carbocycles. The zero-order valence-corrected chi connectivity index (χ0v) is 28.4. The molecule has 1 aromatic rings. The first-order valence-corrected chi connectivity index (χ1v) is 17.7. The number of rotatable bonds is 15. The van der Waals surface area contributed by atoms with Crippen LogP contribution in [-0.2, 0) is 9.59 Å². The third kappa shape index (κ3) is 14.8. The maximum Gasteiger partial charge on any atom is 0.254 e. The molecule has 0 saturated heterocycles. The van der Waals surface area contributed by atoms with Crippen LogP contribution < -0.4 is 22.1 Å². The summed E-state index contributed by atoms with van der Waals surface area (Å²) in [6.45, 7) is 4.99. The Labute approximate surface area is 275 Å². The Balaban J connectivity index is 0.000000307. The van der Waals surface area contributed by atoms with Crippen LogP contribution in [0.15, 0.2) is 18.2 Å². The van der Waals surface area contributed by atoms with Gasteiger partial charge in [-0.1, -0.05) is 121 Å². The third-order valence-corrected chi connectivity index (χ3v) is 9.68. The van der Waals surface area contributed by atoms with E-state index in [4.69, 9.17) is 34.7 Å². The van der Waals surface area contributed by atoms with Crippen molar-refractivity contribution in [1.29, 1.82) is 0 Å². The number of unbranched alkanes of at least 4 members (excludes halogenated alkanes) is 1. The second-order valence-electron chi connectivity index (χ2n) is 13.0. The number of hydrogen-bond donors (Lipinski definition) is 6. The minimum absolute atomic E-state index is 0.293. The fourth-order valence-corrected chi connectivity index (χ4v) is 6.92. The maximum absolute atomic E-state index is 12.1. The minimum atomic E-state index is -1.24. The lowest BCUT2D eigenvalue weighted by Gasteiger charge is -2.27. The molecule has 44 heavy (non-hydrogen) atoms. The molecule has 2 saturated carbocycles. The van der Waals surface area contributed by atoms with Crippen LogP contribution in [0.2, 0.25) is 10.0 Å². The first-order chi connectivity index (χ1) is 21.0. The van der Waals surface area contributed by atoms with Gasteiger partial charge >= 0.3 is 0 Å². The number of aliphatic hydroxyl groups is 2. The Morgan fingerprint density at radius 2 is 1.30 bits per heavy atom. The number of aliphatic hydroxyl groups excluding tert-OH is 2. The van der Waals surface area contributed by atoms with Crippen LogP contribution in [0.3, 0.4) is 0 Å². The van der Waals surface area contributed by atoms with Crippen LogP contribution in [0.5, 0.6) is 0 Å². The second-order valence-corrected chi connectivity index (χ2v) is 13.9. The fraction of sp³-hybridized carbons (Fsp3) is 0.765. The van der Waals surface area contributed by atoms with Crippen LogP contribution in [0.25, 0.3) is 0 Å². The summed E-state index contributed by atoms with van der Waals surface area (Å²) in [6, 6.07) is 3.73. The van der Waals surface area contributed by atoms with Gasteiger partial charge in [0.1, 0.15) is 12.2 Å². The molecule has 3 unspecified atom stereocenters. The molecule has 2 aliphatic carbocycles. The van der Waals surface area contributed by atoms with Gasteiger partial charge in [0.25, 0.3) is 5.91 Å². The highest BCUT2D eigenvalue weighted by Gasteiger charge is 2.28. The van der Waals surface area contributed by atoms with Gasteiger partial charge in [-0.2, -0.15) is 0 Å². The predicted molar refractivity (Wildman–Crippen MR) is 182 cm³/mol. The summed E-state index contributed by atoms with van der Waals surface area (Å²) in [5.41, 5.74) is 12.5. The Hall–Kier alpha value is -1.42. The predicted octanol–water partition coefficient (Wildman–Crippen LogP) is 6.57. The summed E-state index contributed by atoms with van der Waals surface area (Å²) >= 11 is 11.8. The summed E-state index contributed by atoms with van der Waals surface area (Å²) in [5.74, 6) is 0.775. The summed E-state index contributed by atoms with van der Waals surface area (Å²) in [6.07, 6.45) is 15.9. The average Bonchev–Trinajstić information content (AvgIpc) is 3.01. The van der Waals surface area contributed by atoms with Crippen LogP contribution in [0.1, 0.15) is 117 Å². The van der Waals surface area contributed by atoms with E-state index in [-0.39, 0.29) is 5.91 Å². The molecule has 2 amide bonds. The molecule has 0 aliphatic heterocycles. The lowest BCUT2D eigenvalue weighted by Crippen LogP contribution is -2.48. The van der Waals surface area contributed by atoms with Crippen LogP contribution >= 0.6 is 23.2 Å². The SMILES string of the molecule is CCCCC(CC)CNC(=O)C(O)[C@H](N)CC1CCCCC1.N[C@H](CC1CCCCC1)C(O)C(=O)Nc1cc(Cl)cc(Cl)c1. The Morgan fingerprint density at radius 3 is 1.75 bits per heavy atom. The van der Waals surface area contributed by atoms with Crippen molar-refractivity contribution in [2.45, 2.75) is 141 Å². The van der Waals surface area contributed by atoms with Crippen molar-refractivity contribution >= 4 is 40.7 Å². The van der Waals surface area contributed by atoms with Crippen molar-refractivity contribution in [2.24, 2.45) is 29.2 Å². The molecule has 5 atom stereocenters.